The van der Waals surface area contributed by atoms with Crippen LogP contribution in [0, 0.1) is 6.92 Å². The van der Waals surface area contributed by atoms with Crippen molar-refractivity contribution >= 4 is 16.7 Å². The number of nitrogens with one attached hydrogen (secondary N) is 1. The molecule has 0 bridgehead atoms. The molecule has 1 N–H and O–H groups in total. The second-order valence-corrected chi connectivity index (χ2v) is 6.43. The zero-order valence-corrected chi connectivity index (χ0v) is 15.8. The fourth-order valence-electron chi connectivity index (χ4n) is 2.89. The number of amides is 1. The number of hydrogen-bond acceptors (Lipinski definition) is 3. The first-order valence-electron chi connectivity index (χ1n) is 9.29. The average Bonchev–Trinajstić information content (AvgIpc) is 2.70. The molecule has 0 aromatic heterocycles. The van der Waals surface area contributed by atoms with Crippen LogP contribution in [0.15, 0.2) is 66.7 Å². The van der Waals surface area contributed by atoms with Crippen molar-refractivity contribution in [2.75, 3.05) is 13.2 Å². The van der Waals surface area contributed by atoms with Crippen LogP contribution in [-0.2, 0) is 4.79 Å². The molecule has 0 aliphatic heterocycles. The predicted octanol–water partition coefficient (Wildman–Crippen LogP) is 4.50. The summed E-state index contributed by atoms with van der Waals surface area (Å²) in [5.74, 6) is 1.41. The van der Waals surface area contributed by atoms with Gasteiger partial charge in [0.15, 0.2) is 6.10 Å². The summed E-state index contributed by atoms with van der Waals surface area (Å²) in [6.45, 7) is 4.79. The fraction of sp³-hybridized carbons (Fsp3) is 0.261. The Morgan fingerprint density at radius 3 is 2.52 bits per heavy atom. The number of ether oxygens (including phenoxy) is 2. The van der Waals surface area contributed by atoms with Gasteiger partial charge in [-0.15, -0.1) is 0 Å². The third-order valence-electron chi connectivity index (χ3n) is 4.41. The van der Waals surface area contributed by atoms with Gasteiger partial charge in [0.25, 0.3) is 5.91 Å². The Morgan fingerprint density at radius 1 is 1.00 bits per heavy atom. The molecule has 0 fully saturated rings. The van der Waals surface area contributed by atoms with Crippen LogP contribution in [0.2, 0.25) is 0 Å². The first-order valence-corrected chi connectivity index (χ1v) is 9.29. The highest BCUT2D eigenvalue weighted by Gasteiger charge is 2.18. The third-order valence-corrected chi connectivity index (χ3v) is 4.41. The molecule has 1 atom stereocenters. The number of carbonyl (C=O) groups is 1. The van der Waals surface area contributed by atoms with Gasteiger partial charge < -0.3 is 14.8 Å². The van der Waals surface area contributed by atoms with Crippen LogP contribution >= 0.6 is 0 Å². The van der Waals surface area contributed by atoms with Gasteiger partial charge in [-0.1, -0.05) is 55.5 Å². The smallest absolute Gasteiger partial charge is 0.261 e. The lowest BCUT2D eigenvalue weighted by Crippen LogP contribution is -2.39. The van der Waals surface area contributed by atoms with E-state index in [4.69, 9.17) is 9.47 Å². The molecular weight excluding hydrogens is 338 g/mol. The summed E-state index contributed by atoms with van der Waals surface area (Å²) in [4.78, 5) is 12.4. The van der Waals surface area contributed by atoms with E-state index in [1.807, 2.05) is 74.5 Å². The molecule has 4 nitrogen and oxygen atoms in total. The van der Waals surface area contributed by atoms with Crippen LogP contribution in [0.4, 0.5) is 0 Å². The zero-order valence-electron chi connectivity index (χ0n) is 15.8. The second-order valence-electron chi connectivity index (χ2n) is 6.43. The number of benzene rings is 3. The highest BCUT2D eigenvalue weighted by molar-refractivity contribution is 5.84. The van der Waals surface area contributed by atoms with Crippen LogP contribution in [0.3, 0.4) is 0 Å². The van der Waals surface area contributed by atoms with E-state index < -0.39 is 6.10 Å². The van der Waals surface area contributed by atoms with Gasteiger partial charge in [-0.3, -0.25) is 4.79 Å². The number of fused-ring (bicyclic) bond motifs is 1. The summed E-state index contributed by atoms with van der Waals surface area (Å²) in [7, 11) is 0. The van der Waals surface area contributed by atoms with E-state index in [9.17, 15) is 4.79 Å². The van der Waals surface area contributed by atoms with Crippen LogP contribution < -0.4 is 14.8 Å². The number of rotatable bonds is 8. The van der Waals surface area contributed by atoms with Gasteiger partial charge in [0, 0.05) is 0 Å². The maximum Gasteiger partial charge on any atom is 0.261 e. The Bertz CT molecular complexity index is 907. The monoisotopic (exact) mass is 363 g/mol. The summed E-state index contributed by atoms with van der Waals surface area (Å²) in [5.41, 5.74) is 1.08. The maximum absolute atomic E-state index is 12.4. The molecule has 4 heteroatoms. The number of para-hydroxylation sites is 1. The molecule has 27 heavy (non-hydrogen) atoms. The summed E-state index contributed by atoms with van der Waals surface area (Å²) < 4.78 is 11.6. The third kappa shape index (κ3) is 5.00. The van der Waals surface area contributed by atoms with E-state index in [-0.39, 0.29) is 5.91 Å². The fourth-order valence-corrected chi connectivity index (χ4v) is 2.89. The second kappa shape index (κ2) is 9.08. The molecule has 0 radical (unpaired) electrons. The molecular formula is C23H25NO3. The van der Waals surface area contributed by atoms with E-state index in [2.05, 4.69) is 11.4 Å². The van der Waals surface area contributed by atoms with Crippen molar-refractivity contribution in [1.29, 1.82) is 0 Å². The van der Waals surface area contributed by atoms with E-state index in [1.165, 1.54) is 0 Å². The molecule has 0 heterocycles. The van der Waals surface area contributed by atoms with Crippen LogP contribution in [0.5, 0.6) is 11.5 Å². The quantitative estimate of drug-likeness (QED) is 0.600. The maximum atomic E-state index is 12.4. The van der Waals surface area contributed by atoms with Crippen molar-refractivity contribution in [3.8, 4) is 11.5 Å². The lowest BCUT2D eigenvalue weighted by molar-refractivity contribution is -0.128. The molecule has 3 aromatic carbocycles. The van der Waals surface area contributed by atoms with Crippen LogP contribution in [0.25, 0.3) is 10.8 Å². The largest absolute Gasteiger partial charge is 0.491 e. The summed E-state index contributed by atoms with van der Waals surface area (Å²) in [6, 6.07) is 21.8. The predicted molar refractivity (Wildman–Crippen MR) is 108 cm³/mol. The Labute approximate surface area is 160 Å². The Hall–Kier alpha value is -3.01. The lowest BCUT2D eigenvalue weighted by Gasteiger charge is -2.18. The lowest BCUT2D eigenvalue weighted by atomic mass is 10.1. The Balaban J connectivity index is 1.51. The average molecular weight is 363 g/mol. The topological polar surface area (TPSA) is 47.6 Å². The molecule has 3 aromatic rings. The first kappa shape index (κ1) is 18.8. The van der Waals surface area contributed by atoms with Crippen molar-refractivity contribution in [1.82, 2.24) is 5.32 Å². The standard InChI is InChI=1S/C23H25NO3/c1-3-21(27-20-13-12-18-9-5-6-10-19(18)16-20)23(25)24-14-15-26-22-11-7-4-8-17(22)2/h4-13,16,21H,3,14-15H2,1-2H3,(H,24,25). The summed E-state index contributed by atoms with van der Waals surface area (Å²) >= 11 is 0. The van der Waals surface area contributed by atoms with Crippen molar-refractivity contribution < 1.29 is 14.3 Å². The molecule has 0 saturated carbocycles. The van der Waals surface area contributed by atoms with Crippen LogP contribution in [0.1, 0.15) is 18.9 Å². The zero-order chi connectivity index (χ0) is 19.1. The van der Waals surface area contributed by atoms with Crippen molar-refractivity contribution in [3.05, 3.63) is 72.3 Å². The molecule has 140 valence electrons. The van der Waals surface area contributed by atoms with Gasteiger partial charge in [-0.2, -0.15) is 0 Å². The number of hydrogen-bond donors (Lipinski definition) is 1. The minimum Gasteiger partial charge on any atom is -0.491 e. The summed E-state index contributed by atoms with van der Waals surface area (Å²) in [5, 5.41) is 5.14. The van der Waals surface area contributed by atoms with Gasteiger partial charge in [0.05, 0.1) is 6.54 Å². The van der Waals surface area contributed by atoms with Crippen molar-refractivity contribution in [3.63, 3.8) is 0 Å². The van der Waals surface area contributed by atoms with Gasteiger partial charge in [-0.25, -0.2) is 0 Å². The SMILES string of the molecule is CCC(Oc1ccc2ccccc2c1)C(=O)NCCOc1ccccc1C. The molecule has 1 unspecified atom stereocenters. The Morgan fingerprint density at radius 2 is 1.74 bits per heavy atom. The number of carbonyl (C=O) groups excluding carboxylic acids is 1. The van der Waals surface area contributed by atoms with E-state index in [0.29, 0.717) is 25.3 Å². The molecule has 3 rings (SSSR count). The van der Waals surface area contributed by atoms with Gasteiger partial charge >= 0.3 is 0 Å². The van der Waals surface area contributed by atoms with Crippen LogP contribution in [-0.4, -0.2) is 25.2 Å². The van der Waals surface area contributed by atoms with Gasteiger partial charge in [0.2, 0.25) is 0 Å². The van der Waals surface area contributed by atoms with Crippen molar-refractivity contribution in [2.24, 2.45) is 0 Å². The molecule has 0 spiro atoms. The first-order chi connectivity index (χ1) is 13.2. The van der Waals surface area contributed by atoms with E-state index in [0.717, 1.165) is 22.1 Å². The molecule has 1 amide bonds. The molecule has 0 aliphatic rings. The summed E-state index contributed by atoms with van der Waals surface area (Å²) in [6.07, 6.45) is 0.0711. The van der Waals surface area contributed by atoms with Gasteiger partial charge in [0.1, 0.15) is 18.1 Å². The minimum atomic E-state index is -0.523. The molecule has 0 saturated heterocycles. The van der Waals surface area contributed by atoms with Crippen molar-refractivity contribution in [2.45, 2.75) is 26.4 Å². The van der Waals surface area contributed by atoms with E-state index >= 15 is 0 Å². The molecule has 0 aliphatic carbocycles. The Kier molecular flexibility index (Phi) is 6.31. The highest BCUT2D eigenvalue weighted by Crippen LogP contribution is 2.22. The normalized spacial score (nSPS) is 11.8. The minimum absolute atomic E-state index is 0.126. The van der Waals surface area contributed by atoms with Gasteiger partial charge in [-0.05, 0) is 47.9 Å². The number of aryl methyl sites for hydroxylation is 1. The highest BCUT2D eigenvalue weighted by atomic mass is 16.5. The van der Waals surface area contributed by atoms with E-state index in [1.54, 1.807) is 0 Å².